The van der Waals surface area contributed by atoms with Crippen LogP contribution in [0.5, 0.6) is 0 Å². The van der Waals surface area contributed by atoms with E-state index in [4.69, 9.17) is 23.2 Å². The van der Waals surface area contributed by atoms with E-state index in [9.17, 15) is 4.39 Å². The van der Waals surface area contributed by atoms with Gasteiger partial charge in [-0.05, 0) is 36.2 Å². The first-order valence-corrected chi connectivity index (χ1v) is 6.05. The second kappa shape index (κ2) is 5.07. The molecule has 0 radical (unpaired) electrons. The molecule has 1 unspecified atom stereocenters. The number of hydrogen-bond donors (Lipinski definition) is 0. The SMILES string of the molecule is Cc1ccc(C(Cl)c2ccc(Cl)cc2)c(F)c1. The van der Waals surface area contributed by atoms with Crippen LogP contribution in [0.15, 0.2) is 42.5 Å². The van der Waals surface area contributed by atoms with Crippen molar-refractivity contribution in [1.82, 2.24) is 0 Å². The third-order valence-corrected chi connectivity index (χ3v) is 3.33. The van der Waals surface area contributed by atoms with Crippen molar-refractivity contribution < 1.29 is 4.39 Å². The zero-order chi connectivity index (χ0) is 12.4. The summed E-state index contributed by atoms with van der Waals surface area (Å²) >= 11 is 12.1. The number of hydrogen-bond acceptors (Lipinski definition) is 0. The van der Waals surface area contributed by atoms with Gasteiger partial charge in [-0.1, -0.05) is 35.9 Å². The first-order valence-electron chi connectivity index (χ1n) is 5.23. The van der Waals surface area contributed by atoms with E-state index in [1.165, 1.54) is 6.07 Å². The van der Waals surface area contributed by atoms with Crippen molar-refractivity contribution in [3.63, 3.8) is 0 Å². The second-order valence-corrected chi connectivity index (χ2v) is 4.81. The molecule has 0 aliphatic carbocycles. The van der Waals surface area contributed by atoms with Crippen molar-refractivity contribution in [1.29, 1.82) is 0 Å². The van der Waals surface area contributed by atoms with Crippen molar-refractivity contribution in [3.05, 3.63) is 70.0 Å². The fourth-order valence-electron chi connectivity index (χ4n) is 1.65. The van der Waals surface area contributed by atoms with Gasteiger partial charge >= 0.3 is 0 Å². The van der Waals surface area contributed by atoms with Crippen LogP contribution in [-0.4, -0.2) is 0 Å². The molecule has 0 saturated carbocycles. The van der Waals surface area contributed by atoms with Crippen molar-refractivity contribution in [2.24, 2.45) is 0 Å². The summed E-state index contributed by atoms with van der Waals surface area (Å²) in [5, 5.41) is 0.148. The molecule has 0 saturated heterocycles. The van der Waals surface area contributed by atoms with Gasteiger partial charge in [0.15, 0.2) is 0 Å². The average Bonchev–Trinajstić information content (AvgIpc) is 2.29. The molecule has 0 aromatic heterocycles. The Morgan fingerprint density at radius 1 is 1.06 bits per heavy atom. The highest BCUT2D eigenvalue weighted by Gasteiger charge is 2.14. The molecule has 0 fully saturated rings. The lowest BCUT2D eigenvalue weighted by Crippen LogP contribution is -1.97. The molecule has 0 N–H and O–H groups in total. The van der Waals surface area contributed by atoms with E-state index >= 15 is 0 Å². The molecule has 0 aliphatic rings. The van der Waals surface area contributed by atoms with Crippen molar-refractivity contribution in [3.8, 4) is 0 Å². The lowest BCUT2D eigenvalue weighted by atomic mass is 10.0. The Labute approximate surface area is 110 Å². The maximum Gasteiger partial charge on any atom is 0.128 e. The number of alkyl halides is 1. The van der Waals surface area contributed by atoms with Gasteiger partial charge in [0.25, 0.3) is 0 Å². The van der Waals surface area contributed by atoms with Crippen LogP contribution < -0.4 is 0 Å². The highest BCUT2D eigenvalue weighted by Crippen LogP contribution is 2.31. The molecule has 2 aromatic rings. The van der Waals surface area contributed by atoms with E-state index in [-0.39, 0.29) is 5.82 Å². The maximum atomic E-state index is 13.8. The second-order valence-electron chi connectivity index (χ2n) is 3.94. The summed E-state index contributed by atoms with van der Waals surface area (Å²) < 4.78 is 13.8. The highest BCUT2D eigenvalue weighted by atomic mass is 35.5. The summed E-state index contributed by atoms with van der Waals surface area (Å²) in [4.78, 5) is 0. The predicted molar refractivity (Wildman–Crippen MR) is 70.3 cm³/mol. The standard InChI is InChI=1S/C14H11Cl2F/c1-9-2-7-12(13(17)8-9)14(16)10-3-5-11(15)6-4-10/h2-8,14H,1H3. The molecule has 0 nitrogen and oxygen atoms in total. The molecule has 88 valence electrons. The molecule has 1 atom stereocenters. The summed E-state index contributed by atoms with van der Waals surface area (Å²) in [6.45, 7) is 1.85. The van der Waals surface area contributed by atoms with Crippen LogP contribution in [0.3, 0.4) is 0 Å². The molecule has 0 bridgehead atoms. The van der Waals surface area contributed by atoms with Gasteiger partial charge < -0.3 is 0 Å². The van der Waals surface area contributed by atoms with E-state index in [1.54, 1.807) is 30.3 Å². The topological polar surface area (TPSA) is 0 Å². The molecule has 0 amide bonds. The monoisotopic (exact) mass is 268 g/mol. The van der Waals surface area contributed by atoms with Gasteiger partial charge in [-0.15, -0.1) is 11.6 Å². The van der Waals surface area contributed by atoms with Gasteiger partial charge in [0.05, 0.1) is 5.38 Å². The van der Waals surface area contributed by atoms with Crippen molar-refractivity contribution >= 4 is 23.2 Å². The molecular weight excluding hydrogens is 258 g/mol. The van der Waals surface area contributed by atoms with E-state index in [2.05, 4.69) is 0 Å². The molecule has 0 aliphatic heterocycles. The summed E-state index contributed by atoms with van der Waals surface area (Å²) in [7, 11) is 0. The van der Waals surface area contributed by atoms with Crippen molar-refractivity contribution in [2.75, 3.05) is 0 Å². The molecule has 2 rings (SSSR count). The van der Waals surface area contributed by atoms with Gasteiger partial charge in [-0.3, -0.25) is 0 Å². The summed E-state index contributed by atoms with van der Waals surface area (Å²) in [6, 6.07) is 12.2. The van der Waals surface area contributed by atoms with E-state index in [0.29, 0.717) is 10.6 Å². The van der Waals surface area contributed by atoms with Crippen LogP contribution in [0.25, 0.3) is 0 Å². The number of aryl methyl sites for hydroxylation is 1. The van der Waals surface area contributed by atoms with Crippen LogP contribution >= 0.6 is 23.2 Å². The number of halogens is 3. The Morgan fingerprint density at radius 2 is 1.71 bits per heavy atom. The number of rotatable bonds is 2. The molecule has 0 spiro atoms. The fourth-order valence-corrected chi connectivity index (χ4v) is 2.10. The minimum atomic E-state index is -0.493. The fraction of sp³-hybridized carbons (Fsp3) is 0.143. The Bertz CT molecular complexity index is 520. The molecule has 3 heteroatoms. The quantitative estimate of drug-likeness (QED) is 0.664. The minimum absolute atomic E-state index is 0.278. The molecule has 2 aromatic carbocycles. The first kappa shape index (κ1) is 12.4. The maximum absolute atomic E-state index is 13.8. The van der Waals surface area contributed by atoms with Gasteiger partial charge in [-0.25, -0.2) is 4.39 Å². The Kier molecular flexibility index (Phi) is 3.70. The highest BCUT2D eigenvalue weighted by molar-refractivity contribution is 6.30. The first-order chi connectivity index (χ1) is 8.08. The lowest BCUT2D eigenvalue weighted by Gasteiger charge is -2.12. The zero-order valence-electron chi connectivity index (χ0n) is 9.25. The largest absolute Gasteiger partial charge is 0.207 e. The smallest absolute Gasteiger partial charge is 0.128 e. The molecule has 17 heavy (non-hydrogen) atoms. The summed E-state index contributed by atoms with van der Waals surface area (Å²) in [6.07, 6.45) is 0. The van der Waals surface area contributed by atoms with E-state index in [0.717, 1.165) is 11.1 Å². The van der Waals surface area contributed by atoms with Gasteiger partial charge in [-0.2, -0.15) is 0 Å². The summed E-state index contributed by atoms with van der Waals surface area (Å²) in [5.41, 5.74) is 2.20. The Hall–Kier alpha value is -1.05. The molecular formula is C14H11Cl2F. The van der Waals surface area contributed by atoms with Crippen LogP contribution in [0, 0.1) is 12.7 Å². The predicted octanol–water partition coefficient (Wildman–Crippen LogP) is 5.12. The minimum Gasteiger partial charge on any atom is -0.207 e. The summed E-state index contributed by atoms with van der Waals surface area (Å²) in [5.74, 6) is -0.278. The zero-order valence-corrected chi connectivity index (χ0v) is 10.8. The van der Waals surface area contributed by atoms with Crippen LogP contribution in [0.1, 0.15) is 22.1 Å². The third kappa shape index (κ3) is 2.80. The van der Waals surface area contributed by atoms with Gasteiger partial charge in [0.1, 0.15) is 5.82 Å². The van der Waals surface area contributed by atoms with Crippen LogP contribution in [0.2, 0.25) is 5.02 Å². The number of benzene rings is 2. The third-order valence-electron chi connectivity index (χ3n) is 2.59. The van der Waals surface area contributed by atoms with E-state index in [1.807, 2.05) is 13.0 Å². The van der Waals surface area contributed by atoms with Crippen molar-refractivity contribution in [2.45, 2.75) is 12.3 Å². The van der Waals surface area contributed by atoms with Gasteiger partial charge in [0.2, 0.25) is 0 Å². The van der Waals surface area contributed by atoms with E-state index < -0.39 is 5.38 Å². The Morgan fingerprint density at radius 3 is 2.29 bits per heavy atom. The van der Waals surface area contributed by atoms with Crippen LogP contribution in [0.4, 0.5) is 4.39 Å². The van der Waals surface area contributed by atoms with Gasteiger partial charge in [0, 0.05) is 10.6 Å². The lowest BCUT2D eigenvalue weighted by molar-refractivity contribution is 0.611. The molecule has 0 heterocycles. The van der Waals surface area contributed by atoms with Crippen LogP contribution in [-0.2, 0) is 0 Å². The Balaban J connectivity index is 2.36. The normalized spacial score (nSPS) is 12.5. The average molecular weight is 269 g/mol.